The molecule has 0 aromatic heterocycles. The Bertz CT molecular complexity index is 855. The second-order valence-electron chi connectivity index (χ2n) is 5.40. The standard InChI is InChI=1S/C18H16N2O4S2/c21-17(24-11-13-5-2-4-8-16(13)20(22)23)15-7-3-1-6-14(15)12-26-18-19-9-10-25-18/h1-8H,9-12H2. The van der Waals surface area contributed by atoms with Gasteiger partial charge in [0.15, 0.2) is 0 Å². The number of rotatable bonds is 6. The zero-order valence-corrected chi connectivity index (χ0v) is 15.4. The molecular weight excluding hydrogens is 372 g/mol. The van der Waals surface area contributed by atoms with Gasteiger partial charge in [0.1, 0.15) is 11.0 Å². The Labute approximate surface area is 159 Å². The van der Waals surface area contributed by atoms with Crippen LogP contribution in [0, 0.1) is 10.1 Å². The van der Waals surface area contributed by atoms with Crippen LogP contribution in [-0.2, 0) is 17.1 Å². The Morgan fingerprint density at radius 1 is 1.19 bits per heavy atom. The van der Waals surface area contributed by atoms with E-state index in [1.54, 1.807) is 53.9 Å². The highest BCUT2D eigenvalue weighted by Gasteiger charge is 2.17. The van der Waals surface area contributed by atoms with E-state index in [4.69, 9.17) is 4.74 Å². The number of para-hydroxylation sites is 1. The van der Waals surface area contributed by atoms with Gasteiger partial charge < -0.3 is 4.74 Å². The number of hydrogen-bond donors (Lipinski definition) is 0. The minimum absolute atomic E-state index is 0.0552. The van der Waals surface area contributed by atoms with Crippen LogP contribution in [0.4, 0.5) is 5.69 Å². The average molecular weight is 388 g/mol. The van der Waals surface area contributed by atoms with E-state index >= 15 is 0 Å². The summed E-state index contributed by atoms with van der Waals surface area (Å²) < 4.78 is 6.36. The molecule has 26 heavy (non-hydrogen) atoms. The largest absolute Gasteiger partial charge is 0.457 e. The first-order valence-corrected chi connectivity index (χ1v) is 9.89. The fraction of sp³-hybridized carbons (Fsp3) is 0.222. The molecule has 0 unspecified atom stereocenters. The van der Waals surface area contributed by atoms with Gasteiger partial charge in [-0.25, -0.2) is 4.79 Å². The Morgan fingerprint density at radius 2 is 1.92 bits per heavy atom. The molecule has 134 valence electrons. The van der Waals surface area contributed by atoms with Gasteiger partial charge in [-0.15, -0.1) is 0 Å². The molecule has 0 saturated heterocycles. The van der Waals surface area contributed by atoms with Gasteiger partial charge in [-0.1, -0.05) is 53.9 Å². The van der Waals surface area contributed by atoms with Gasteiger partial charge in [0, 0.05) is 17.6 Å². The lowest BCUT2D eigenvalue weighted by Gasteiger charge is -2.10. The highest BCUT2D eigenvalue weighted by Crippen LogP contribution is 2.27. The molecule has 1 aliphatic heterocycles. The summed E-state index contributed by atoms with van der Waals surface area (Å²) in [5, 5.41) is 11.1. The molecule has 0 radical (unpaired) electrons. The van der Waals surface area contributed by atoms with Gasteiger partial charge >= 0.3 is 5.97 Å². The number of thioether (sulfide) groups is 2. The van der Waals surface area contributed by atoms with Crippen LogP contribution in [0.5, 0.6) is 0 Å². The van der Waals surface area contributed by atoms with Crippen molar-refractivity contribution in [2.45, 2.75) is 12.4 Å². The molecule has 0 N–H and O–H groups in total. The minimum atomic E-state index is -0.486. The van der Waals surface area contributed by atoms with Crippen LogP contribution in [0.2, 0.25) is 0 Å². The van der Waals surface area contributed by atoms with E-state index in [0.717, 1.165) is 22.2 Å². The molecule has 0 fully saturated rings. The van der Waals surface area contributed by atoms with Crippen molar-refractivity contribution in [3.63, 3.8) is 0 Å². The lowest BCUT2D eigenvalue weighted by atomic mass is 10.1. The fourth-order valence-electron chi connectivity index (χ4n) is 2.42. The van der Waals surface area contributed by atoms with Crippen molar-refractivity contribution >= 4 is 39.6 Å². The molecule has 0 bridgehead atoms. The highest BCUT2D eigenvalue weighted by atomic mass is 32.2. The molecule has 6 nitrogen and oxygen atoms in total. The van der Waals surface area contributed by atoms with Crippen LogP contribution < -0.4 is 0 Å². The van der Waals surface area contributed by atoms with Crippen molar-refractivity contribution in [1.82, 2.24) is 0 Å². The summed E-state index contributed by atoms with van der Waals surface area (Å²) in [4.78, 5) is 27.4. The normalized spacial score (nSPS) is 13.3. The molecule has 1 heterocycles. The number of nitro groups is 1. The van der Waals surface area contributed by atoms with E-state index in [2.05, 4.69) is 4.99 Å². The molecule has 0 atom stereocenters. The molecule has 1 aliphatic rings. The number of nitro benzene ring substituents is 1. The first-order chi connectivity index (χ1) is 12.6. The third-order valence-electron chi connectivity index (χ3n) is 3.69. The summed E-state index contributed by atoms with van der Waals surface area (Å²) in [5.41, 5.74) is 1.65. The van der Waals surface area contributed by atoms with Crippen molar-refractivity contribution in [3.8, 4) is 0 Å². The predicted molar refractivity (Wildman–Crippen MR) is 105 cm³/mol. The monoisotopic (exact) mass is 388 g/mol. The highest BCUT2D eigenvalue weighted by molar-refractivity contribution is 8.38. The zero-order valence-electron chi connectivity index (χ0n) is 13.8. The molecular formula is C18H16N2O4S2. The first-order valence-electron chi connectivity index (χ1n) is 7.92. The SMILES string of the molecule is O=C(OCc1ccccc1[N+](=O)[O-])c1ccccc1CSC1=NCCS1. The number of nitrogens with zero attached hydrogens (tertiary/aromatic N) is 2. The van der Waals surface area contributed by atoms with Crippen LogP contribution in [0.15, 0.2) is 53.5 Å². The van der Waals surface area contributed by atoms with Crippen LogP contribution in [0.3, 0.4) is 0 Å². The summed E-state index contributed by atoms with van der Waals surface area (Å²) in [6, 6.07) is 13.5. The molecule has 0 saturated carbocycles. The second-order valence-corrected chi connectivity index (χ2v) is 7.71. The number of aliphatic imine (C=N–C) groups is 1. The maximum Gasteiger partial charge on any atom is 0.338 e. The maximum absolute atomic E-state index is 12.5. The van der Waals surface area contributed by atoms with Gasteiger partial charge in [0.2, 0.25) is 0 Å². The molecule has 2 aromatic carbocycles. The van der Waals surface area contributed by atoms with Gasteiger partial charge in [-0.2, -0.15) is 0 Å². The van der Waals surface area contributed by atoms with Gasteiger partial charge in [0.05, 0.1) is 22.6 Å². The molecule has 0 amide bonds. The number of benzene rings is 2. The molecule has 3 rings (SSSR count). The lowest BCUT2D eigenvalue weighted by molar-refractivity contribution is -0.385. The molecule has 8 heteroatoms. The number of hydrogen-bond acceptors (Lipinski definition) is 7. The van der Waals surface area contributed by atoms with Crippen molar-refractivity contribution < 1.29 is 14.5 Å². The Hall–Kier alpha value is -2.32. The predicted octanol–water partition coefficient (Wildman–Crippen LogP) is 4.29. The fourth-order valence-corrected chi connectivity index (χ4v) is 4.43. The Morgan fingerprint density at radius 3 is 2.65 bits per heavy atom. The summed E-state index contributed by atoms with van der Waals surface area (Å²) >= 11 is 3.33. The Kier molecular flexibility index (Phi) is 6.30. The van der Waals surface area contributed by atoms with Gasteiger partial charge in [-0.05, 0) is 17.7 Å². The Balaban J connectivity index is 1.67. The third kappa shape index (κ3) is 4.64. The first kappa shape index (κ1) is 18.5. The smallest absolute Gasteiger partial charge is 0.338 e. The van der Waals surface area contributed by atoms with Crippen molar-refractivity contribution in [3.05, 3.63) is 75.3 Å². The van der Waals surface area contributed by atoms with Crippen molar-refractivity contribution in [2.24, 2.45) is 4.99 Å². The summed E-state index contributed by atoms with van der Waals surface area (Å²) in [6.45, 7) is 0.701. The van der Waals surface area contributed by atoms with E-state index in [1.807, 2.05) is 12.1 Å². The van der Waals surface area contributed by atoms with Gasteiger partial charge in [0.25, 0.3) is 5.69 Å². The van der Waals surface area contributed by atoms with E-state index < -0.39 is 10.9 Å². The van der Waals surface area contributed by atoms with Crippen molar-refractivity contribution in [1.29, 1.82) is 0 Å². The number of carbonyl (C=O) groups excluding carboxylic acids is 1. The van der Waals surface area contributed by atoms with E-state index in [1.165, 1.54) is 6.07 Å². The van der Waals surface area contributed by atoms with Crippen LogP contribution >= 0.6 is 23.5 Å². The zero-order chi connectivity index (χ0) is 18.4. The van der Waals surface area contributed by atoms with Crippen molar-refractivity contribution in [2.75, 3.05) is 12.3 Å². The summed E-state index contributed by atoms with van der Waals surface area (Å²) in [5.74, 6) is 1.14. The second kappa shape index (κ2) is 8.86. The summed E-state index contributed by atoms with van der Waals surface area (Å²) in [7, 11) is 0. The topological polar surface area (TPSA) is 81.8 Å². The van der Waals surface area contributed by atoms with E-state index in [-0.39, 0.29) is 12.3 Å². The van der Waals surface area contributed by atoms with Crippen LogP contribution in [0.1, 0.15) is 21.5 Å². The van der Waals surface area contributed by atoms with E-state index in [9.17, 15) is 14.9 Å². The molecule has 0 spiro atoms. The van der Waals surface area contributed by atoms with E-state index in [0.29, 0.717) is 16.9 Å². The number of esters is 1. The number of carbonyl (C=O) groups is 1. The van der Waals surface area contributed by atoms with Gasteiger partial charge in [-0.3, -0.25) is 15.1 Å². The lowest BCUT2D eigenvalue weighted by Crippen LogP contribution is -2.09. The maximum atomic E-state index is 12.5. The average Bonchev–Trinajstić information content (AvgIpc) is 3.18. The van der Waals surface area contributed by atoms with Crippen LogP contribution in [-0.4, -0.2) is 27.6 Å². The summed E-state index contributed by atoms with van der Waals surface area (Å²) in [6.07, 6.45) is 0. The minimum Gasteiger partial charge on any atom is -0.457 e. The third-order valence-corrected chi connectivity index (χ3v) is 5.99. The number of ether oxygens (including phenoxy) is 1. The van der Waals surface area contributed by atoms with Crippen LogP contribution in [0.25, 0.3) is 0 Å². The molecule has 0 aliphatic carbocycles. The molecule has 2 aromatic rings. The quantitative estimate of drug-likeness (QED) is 0.417.